The first kappa shape index (κ1) is 19.3. The van der Waals surface area contributed by atoms with Gasteiger partial charge in [0.05, 0.1) is 18.8 Å². The summed E-state index contributed by atoms with van der Waals surface area (Å²) in [4.78, 5) is 24.6. The monoisotopic (exact) mass is 378 g/mol. The number of hydrogen-bond donors (Lipinski definition) is 1. The minimum Gasteiger partial charge on any atom is -0.448 e. The van der Waals surface area contributed by atoms with Crippen LogP contribution in [0.2, 0.25) is 0 Å². The third-order valence-corrected chi connectivity index (χ3v) is 4.25. The fraction of sp³-hybridized carbons (Fsp3) is 0.238. The zero-order chi connectivity index (χ0) is 19.9. The molecule has 0 radical (unpaired) electrons. The molecular weight excluding hydrogens is 356 g/mol. The summed E-state index contributed by atoms with van der Waals surface area (Å²) >= 11 is 0. The van der Waals surface area contributed by atoms with Gasteiger partial charge in [0.25, 0.3) is 5.91 Å². The van der Waals surface area contributed by atoms with E-state index in [1.165, 1.54) is 13.1 Å². The van der Waals surface area contributed by atoms with E-state index in [4.69, 9.17) is 4.74 Å². The number of aromatic nitrogens is 3. The zero-order valence-electron chi connectivity index (χ0n) is 15.8. The molecule has 0 saturated heterocycles. The van der Waals surface area contributed by atoms with Crippen LogP contribution in [0.1, 0.15) is 41.5 Å². The summed E-state index contributed by atoms with van der Waals surface area (Å²) in [7, 11) is 0. The van der Waals surface area contributed by atoms with Crippen molar-refractivity contribution in [2.45, 2.75) is 32.5 Å². The van der Waals surface area contributed by atoms with Gasteiger partial charge >= 0.3 is 5.97 Å². The van der Waals surface area contributed by atoms with E-state index in [0.717, 1.165) is 11.1 Å². The van der Waals surface area contributed by atoms with Crippen LogP contribution in [0.15, 0.2) is 66.9 Å². The standard InChI is InChI=1S/C21H22N4O3/c1-15(18-11-7-4-8-12-18)22-20(26)16(2)28-21(27)19-14-25(24-23-19)13-17-9-5-3-6-10-17/h3-12,14-16H,13H2,1-2H3,(H,22,26). The van der Waals surface area contributed by atoms with Crippen molar-refractivity contribution in [2.24, 2.45) is 0 Å². The Morgan fingerprint density at radius 2 is 1.68 bits per heavy atom. The van der Waals surface area contributed by atoms with Crippen LogP contribution in [0.25, 0.3) is 0 Å². The second-order valence-corrected chi connectivity index (χ2v) is 6.48. The van der Waals surface area contributed by atoms with Gasteiger partial charge in [-0.2, -0.15) is 0 Å². The highest BCUT2D eigenvalue weighted by atomic mass is 16.5. The Labute approximate surface area is 163 Å². The maximum atomic E-state index is 12.3. The molecule has 3 rings (SSSR count). The summed E-state index contributed by atoms with van der Waals surface area (Å²) in [5.74, 6) is -1.06. The number of amides is 1. The SMILES string of the molecule is CC(OC(=O)c1cn(Cc2ccccc2)nn1)C(=O)NC(C)c1ccccc1. The van der Waals surface area contributed by atoms with E-state index in [0.29, 0.717) is 6.54 Å². The number of esters is 1. The molecule has 1 amide bonds. The fourth-order valence-electron chi connectivity index (χ4n) is 2.67. The lowest BCUT2D eigenvalue weighted by Gasteiger charge is -2.17. The van der Waals surface area contributed by atoms with Gasteiger partial charge in [0, 0.05) is 0 Å². The Balaban J connectivity index is 1.54. The first-order valence-electron chi connectivity index (χ1n) is 9.03. The van der Waals surface area contributed by atoms with Gasteiger partial charge in [0.1, 0.15) is 0 Å². The Kier molecular flexibility index (Phi) is 6.16. The molecule has 2 atom stereocenters. The zero-order valence-corrected chi connectivity index (χ0v) is 15.8. The summed E-state index contributed by atoms with van der Waals surface area (Å²) in [6.07, 6.45) is 0.560. The number of rotatable bonds is 7. The molecule has 0 aliphatic heterocycles. The van der Waals surface area contributed by atoms with Crippen molar-refractivity contribution in [3.8, 4) is 0 Å². The molecule has 0 aliphatic rings. The van der Waals surface area contributed by atoms with Crippen molar-refractivity contribution in [1.82, 2.24) is 20.3 Å². The fourth-order valence-corrected chi connectivity index (χ4v) is 2.67. The summed E-state index contributed by atoms with van der Waals surface area (Å²) < 4.78 is 6.78. The Hall–Kier alpha value is -3.48. The lowest BCUT2D eigenvalue weighted by molar-refractivity contribution is -0.129. The molecule has 7 heteroatoms. The average molecular weight is 378 g/mol. The molecule has 2 unspecified atom stereocenters. The maximum absolute atomic E-state index is 12.3. The van der Waals surface area contributed by atoms with Crippen molar-refractivity contribution < 1.29 is 14.3 Å². The molecule has 0 fully saturated rings. The molecule has 0 saturated carbocycles. The maximum Gasteiger partial charge on any atom is 0.361 e. The van der Waals surface area contributed by atoms with Gasteiger partial charge in [-0.3, -0.25) is 4.79 Å². The lowest BCUT2D eigenvalue weighted by Crippen LogP contribution is -2.37. The van der Waals surface area contributed by atoms with Gasteiger partial charge in [-0.15, -0.1) is 5.10 Å². The summed E-state index contributed by atoms with van der Waals surface area (Å²) in [6.45, 7) is 3.89. The number of carbonyl (C=O) groups is 2. The number of ether oxygens (including phenoxy) is 1. The van der Waals surface area contributed by atoms with Gasteiger partial charge in [0.15, 0.2) is 11.8 Å². The number of nitrogens with zero attached hydrogens (tertiary/aromatic N) is 3. The molecule has 7 nitrogen and oxygen atoms in total. The molecule has 1 N–H and O–H groups in total. The minimum atomic E-state index is -0.946. The van der Waals surface area contributed by atoms with Crippen molar-refractivity contribution in [3.05, 3.63) is 83.7 Å². The normalized spacial score (nSPS) is 12.8. The van der Waals surface area contributed by atoms with Gasteiger partial charge in [-0.25, -0.2) is 9.48 Å². The largest absolute Gasteiger partial charge is 0.448 e. The molecular formula is C21H22N4O3. The van der Waals surface area contributed by atoms with Crippen LogP contribution < -0.4 is 5.32 Å². The Morgan fingerprint density at radius 3 is 2.36 bits per heavy atom. The highest BCUT2D eigenvalue weighted by Gasteiger charge is 2.22. The second kappa shape index (κ2) is 8.94. The molecule has 0 bridgehead atoms. The third-order valence-electron chi connectivity index (χ3n) is 4.25. The van der Waals surface area contributed by atoms with Crippen molar-refractivity contribution in [2.75, 3.05) is 0 Å². The molecule has 144 valence electrons. The van der Waals surface area contributed by atoms with E-state index >= 15 is 0 Å². The lowest BCUT2D eigenvalue weighted by atomic mass is 10.1. The van der Waals surface area contributed by atoms with Crippen LogP contribution in [-0.2, 0) is 16.1 Å². The van der Waals surface area contributed by atoms with E-state index in [1.807, 2.05) is 67.6 Å². The van der Waals surface area contributed by atoms with Crippen LogP contribution in [-0.4, -0.2) is 33.0 Å². The second-order valence-electron chi connectivity index (χ2n) is 6.48. The van der Waals surface area contributed by atoms with Gasteiger partial charge in [-0.1, -0.05) is 65.9 Å². The van der Waals surface area contributed by atoms with E-state index in [1.54, 1.807) is 4.68 Å². The average Bonchev–Trinajstić information content (AvgIpc) is 3.18. The summed E-state index contributed by atoms with van der Waals surface area (Å²) in [5.41, 5.74) is 2.07. The molecule has 1 heterocycles. The van der Waals surface area contributed by atoms with Crippen molar-refractivity contribution in [3.63, 3.8) is 0 Å². The van der Waals surface area contributed by atoms with E-state index < -0.39 is 12.1 Å². The minimum absolute atomic E-state index is 0.0617. The number of hydrogen-bond acceptors (Lipinski definition) is 5. The highest BCUT2D eigenvalue weighted by Crippen LogP contribution is 2.12. The van der Waals surface area contributed by atoms with Crippen LogP contribution >= 0.6 is 0 Å². The van der Waals surface area contributed by atoms with E-state index in [2.05, 4.69) is 15.6 Å². The molecule has 28 heavy (non-hydrogen) atoms. The van der Waals surface area contributed by atoms with Crippen LogP contribution in [0.4, 0.5) is 0 Å². The van der Waals surface area contributed by atoms with Gasteiger partial charge in [-0.05, 0) is 25.0 Å². The molecule has 3 aromatic rings. The van der Waals surface area contributed by atoms with Crippen molar-refractivity contribution >= 4 is 11.9 Å². The van der Waals surface area contributed by atoms with Gasteiger partial charge < -0.3 is 10.1 Å². The molecule has 0 spiro atoms. The predicted octanol–water partition coefficient (Wildman–Crippen LogP) is 2.75. The number of benzene rings is 2. The van der Waals surface area contributed by atoms with Crippen molar-refractivity contribution in [1.29, 1.82) is 0 Å². The Bertz CT molecular complexity index is 925. The smallest absolute Gasteiger partial charge is 0.361 e. The van der Waals surface area contributed by atoms with Crippen LogP contribution in [0, 0.1) is 0 Å². The topological polar surface area (TPSA) is 86.1 Å². The van der Waals surface area contributed by atoms with E-state index in [9.17, 15) is 9.59 Å². The molecule has 0 aliphatic carbocycles. The molecule has 1 aromatic heterocycles. The first-order valence-corrected chi connectivity index (χ1v) is 9.03. The first-order chi connectivity index (χ1) is 13.5. The quantitative estimate of drug-likeness (QED) is 0.639. The van der Waals surface area contributed by atoms with Crippen LogP contribution in [0.5, 0.6) is 0 Å². The summed E-state index contributed by atoms with van der Waals surface area (Å²) in [5, 5.41) is 10.6. The van der Waals surface area contributed by atoms with E-state index in [-0.39, 0.29) is 17.6 Å². The Morgan fingerprint density at radius 1 is 1.04 bits per heavy atom. The third kappa shape index (κ3) is 5.03. The number of nitrogens with one attached hydrogen (secondary N) is 1. The summed E-state index contributed by atoms with van der Waals surface area (Å²) in [6, 6.07) is 19.1. The van der Waals surface area contributed by atoms with Gasteiger partial charge in [0.2, 0.25) is 0 Å². The van der Waals surface area contributed by atoms with Crippen LogP contribution in [0.3, 0.4) is 0 Å². The highest BCUT2D eigenvalue weighted by molar-refractivity contribution is 5.90. The number of carbonyl (C=O) groups excluding carboxylic acids is 2. The molecule has 2 aromatic carbocycles. The predicted molar refractivity (Wildman–Crippen MR) is 103 cm³/mol.